The van der Waals surface area contributed by atoms with Crippen molar-refractivity contribution in [2.75, 3.05) is 25.7 Å². The number of esters is 1. The molecule has 10 heteroatoms. The molecule has 1 saturated heterocycles. The van der Waals surface area contributed by atoms with Crippen molar-refractivity contribution in [1.82, 2.24) is 5.32 Å². The molecule has 0 radical (unpaired) electrons. The maximum atomic E-state index is 13.1. The van der Waals surface area contributed by atoms with Crippen LogP contribution in [0.1, 0.15) is 11.1 Å². The molecule has 4 amide bonds. The highest BCUT2D eigenvalue weighted by Crippen LogP contribution is 2.35. The van der Waals surface area contributed by atoms with Gasteiger partial charge in [-0.3, -0.25) is 14.9 Å². The van der Waals surface area contributed by atoms with E-state index in [2.05, 4.69) is 16.6 Å². The fourth-order valence-electron chi connectivity index (χ4n) is 3.23. The molecule has 1 N–H and O–H groups in total. The number of rotatable bonds is 8. The SMILES string of the molecule is C=CCc1cc(/C=C2\C(=O)NC(=O)N(c3ccc(Cl)cc3)C2=O)cc(OC)c1OCC(=O)OC. The number of carbonyl (C=O) groups excluding carboxylic acids is 4. The number of ether oxygens (including phenoxy) is 3. The van der Waals surface area contributed by atoms with Crippen LogP contribution < -0.4 is 19.7 Å². The molecule has 2 aromatic rings. The minimum absolute atomic E-state index is 0.252. The molecule has 1 aliphatic heterocycles. The second-order valence-corrected chi connectivity index (χ2v) is 7.44. The van der Waals surface area contributed by atoms with Crippen LogP contribution in [0.5, 0.6) is 11.5 Å². The number of hydrogen-bond acceptors (Lipinski definition) is 7. The first-order valence-electron chi connectivity index (χ1n) is 9.97. The van der Waals surface area contributed by atoms with Crippen molar-refractivity contribution in [2.24, 2.45) is 0 Å². The van der Waals surface area contributed by atoms with E-state index >= 15 is 0 Å². The maximum Gasteiger partial charge on any atom is 0.343 e. The lowest BCUT2D eigenvalue weighted by Gasteiger charge is -2.26. The number of imide groups is 2. The van der Waals surface area contributed by atoms with Crippen molar-refractivity contribution >= 4 is 47.2 Å². The predicted octanol–water partition coefficient (Wildman–Crippen LogP) is 3.30. The summed E-state index contributed by atoms with van der Waals surface area (Å²) in [6.45, 7) is 3.38. The van der Waals surface area contributed by atoms with Gasteiger partial charge in [-0.05, 0) is 54.5 Å². The first-order chi connectivity index (χ1) is 16.3. The van der Waals surface area contributed by atoms with Gasteiger partial charge in [-0.15, -0.1) is 6.58 Å². The first-order valence-corrected chi connectivity index (χ1v) is 10.3. The average molecular weight is 485 g/mol. The number of halogens is 1. The van der Waals surface area contributed by atoms with Gasteiger partial charge in [0.1, 0.15) is 5.57 Å². The van der Waals surface area contributed by atoms with E-state index in [0.29, 0.717) is 28.3 Å². The number of anilines is 1. The molecule has 176 valence electrons. The van der Waals surface area contributed by atoms with Crippen molar-refractivity contribution in [3.63, 3.8) is 0 Å². The zero-order valence-corrected chi connectivity index (χ0v) is 19.2. The van der Waals surface area contributed by atoms with Crippen LogP contribution in [0.3, 0.4) is 0 Å². The lowest BCUT2D eigenvalue weighted by molar-refractivity contribution is -0.143. The summed E-state index contributed by atoms with van der Waals surface area (Å²) in [5, 5.41) is 2.59. The van der Waals surface area contributed by atoms with Crippen LogP contribution in [0.4, 0.5) is 10.5 Å². The Bertz CT molecular complexity index is 1190. The van der Waals surface area contributed by atoms with Crippen LogP contribution in [0, 0.1) is 0 Å². The van der Waals surface area contributed by atoms with Crippen molar-refractivity contribution in [3.8, 4) is 11.5 Å². The van der Waals surface area contributed by atoms with E-state index in [1.165, 1.54) is 50.6 Å². The largest absolute Gasteiger partial charge is 0.493 e. The van der Waals surface area contributed by atoms with Crippen LogP contribution in [0.2, 0.25) is 5.02 Å². The third-order valence-electron chi connectivity index (χ3n) is 4.80. The van der Waals surface area contributed by atoms with Crippen LogP contribution in [-0.2, 0) is 25.5 Å². The third kappa shape index (κ3) is 5.26. The summed E-state index contributed by atoms with van der Waals surface area (Å²) in [6, 6.07) is 8.36. The molecule has 2 aromatic carbocycles. The van der Waals surface area contributed by atoms with Crippen LogP contribution in [0.15, 0.2) is 54.6 Å². The Morgan fingerprint density at radius 1 is 1.15 bits per heavy atom. The maximum absolute atomic E-state index is 13.1. The Balaban J connectivity index is 2.03. The first kappa shape index (κ1) is 24.5. The van der Waals surface area contributed by atoms with Crippen LogP contribution in [-0.4, -0.2) is 44.6 Å². The molecule has 1 fully saturated rings. The van der Waals surface area contributed by atoms with Crippen LogP contribution in [0.25, 0.3) is 6.08 Å². The van der Waals surface area contributed by atoms with Gasteiger partial charge in [0.2, 0.25) is 0 Å². The molecule has 0 aliphatic carbocycles. The minimum atomic E-state index is -0.869. The van der Waals surface area contributed by atoms with Gasteiger partial charge in [-0.25, -0.2) is 14.5 Å². The summed E-state index contributed by atoms with van der Waals surface area (Å²) in [5.74, 6) is -1.65. The molecule has 0 saturated carbocycles. The number of amides is 4. The molecule has 1 aliphatic rings. The van der Waals surface area contributed by atoms with Gasteiger partial charge in [0, 0.05) is 10.6 Å². The summed E-state index contributed by atoms with van der Waals surface area (Å²) >= 11 is 5.89. The molecule has 9 nitrogen and oxygen atoms in total. The molecule has 0 spiro atoms. The third-order valence-corrected chi connectivity index (χ3v) is 5.05. The van der Waals surface area contributed by atoms with E-state index in [9.17, 15) is 19.2 Å². The Labute approximate surface area is 200 Å². The molecule has 34 heavy (non-hydrogen) atoms. The van der Waals surface area contributed by atoms with Crippen LogP contribution >= 0.6 is 11.6 Å². The molecule has 0 aromatic heterocycles. The van der Waals surface area contributed by atoms with Gasteiger partial charge < -0.3 is 14.2 Å². The number of nitrogens with zero attached hydrogens (tertiary/aromatic N) is 1. The van der Waals surface area contributed by atoms with Crippen molar-refractivity contribution in [3.05, 3.63) is 70.8 Å². The van der Waals surface area contributed by atoms with Crippen molar-refractivity contribution in [2.45, 2.75) is 6.42 Å². The number of allylic oxidation sites excluding steroid dienone is 1. The van der Waals surface area contributed by atoms with Gasteiger partial charge >= 0.3 is 12.0 Å². The van der Waals surface area contributed by atoms with Gasteiger partial charge in [0.05, 0.1) is 19.9 Å². The zero-order valence-electron chi connectivity index (χ0n) is 18.4. The normalized spacial score (nSPS) is 14.6. The zero-order chi connectivity index (χ0) is 24.8. The standard InChI is InChI=1S/C24H21ClN2O7/c1-4-5-15-10-14(12-19(32-2)21(15)34-13-20(28)33-3)11-18-22(29)26-24(31)27(23(18)30)17-8-6-16(25)7-9-17/h4,6-12H,1,5,13H2,2-3H3,(H,26,29,31)/b18-11+. The van der Waals surface area contributed by atoms with Crippen molar-refractivity contribution < 1.29 is 33.4 Å². The summed E-state index contributed by atoms with van der Waals surface area (Å²) in [7, 11) is 2.65. The molecular formula is C24H21ClN2O7. The predicted molar refractivity (Wildman–Crippen MR) is 125 cm³/mol. The van der Waals surface area contributed by atoms with E-state index in [1.54, 1.807) is 12.1 Å². The van der Waals surface area contributed by atoms with E-state index < -0.39 is 23.8 Å². The highest BCUT2D eigenvalue weighted by atomic mass is 35.5. The Hall–Kier alpha value is -4.11. The van der Waals surface area contributed by atoms with Gasteiger partial charge in [-0.2, -0.15) is 0 Å². The van der Waals surface area contributed by atoms with E-state index in [1.807, 2.05) is 0 Å². The van der Waals surface area contributed by atoms with E-state index in [0.717, 1.165) is 4.90 Å². The average Bonchev–Trinajstić information content (AvgIpc) is 2.81. The topological polar surface area (TPSA) is 111 Å². The van der Waals surface area contributed by atoms with Gasteiger partial charge in [0.15, 0.2) is 18.1 Å². The highest BCUT2D eigenvalue weighted by molar-refractivity contribution is 6.39. The monoisotopic (exact) mass is 484 g/mol. The summed E-state index contributed by atoms with van der Waals surface area (Å²) in [6.07, 6.45) is 3.31. The van der Waals surface area contributed by atoms with E-state index in [4.69, 9.17) is 21.1 Å². The summed E-state index contributed by atoms with van der Waals surface area (Å²) in [4.78, 5) is 50.3. The molecule has 0 bridgehead atoms. The van der Waals surface area contributed by atoms with Gasteiger partial charge in [-0.1, -0.05) is 17.7 Å². The molecule has 3 rings (SSSR count). The van der Waals surface area contributed by atoms with E-state index in [-0.39, 0.29) is 23.6 Å². The summed E-state index contributed by atoms with van der Waals surface area (Å²) in [5.41, 5.74) is 1.02. The fourth-order valence-corrected chi connectivity index (χ4v) is 3.35. The lowest BCUT2D eigenvalue weighted by Crippen LogP contribution is -2.54. The highest BCUT2D eigenvalue weighted by Gasteiger charge is 2.36. The fraction of sp³-hybridized carbons (Fsp3) is 0.167. The smallest absolute Gasteiger partial charge is 0.343 e. The Morgan fingerprint density at radius 3 is 2.47 bits per heavy atom. The quantitative estimate of drug-likeness (QED) is 0.265. The number of nitrogens with one attached hydrogen (secondary N) is 1. The second-order valence-electron chi connectivity index (χ2n) is 7.00. The molecule has 0 atom stereocenters. The molecule has 1 heterocycles. The molecule has 0 unspecified atom stereocenters. The number of benzene rings is 2. The second kappa shape index (κ2) is 10.7. The Kier molecular flexibility index (Phi) is 7.70. The summed E-state index contributed by atoms with van der Waals surface area (Å²) < 4.78 is 15.6. The number of barbiturate groups is 1. The number of hydrogen-bond donors (Lipinski definition) is 1. The Morgan fingerprint density at radius 2 is 1.85 bits per heavy atom. The van der Waals surface area contributed by atoms with Crippen molar-refractivity contribution in [1.29, 1.82) is 0 Å². The number of methoxy groups -OCH3 is 2. The van der Waals surface area contributed by atoms with Gasteiger partial charge in [0.25, 0.3) is 11.8 Å². The molecular weight excluding hydrogens is 464 g/mol. The minimum Gasteiger partial charge on any atom is -0.493 e. The lowest BCUT2D eigenvalue weighted by atomic mass is 10.0. The number of carbonyl (C=O) groups is 4. The number of urea groups is 1.